The highest BCUT2D eigenvalue weighted by Gasteiger charge is 2.21. The van der Waals surface area contributed by atoms with Crippen LogP contribution in [0.3, 0.4) is 0 Å². The molecule has 0 amide bonds. The smallest absolute Gasteiger partial charge is 0.305 e. The minimum absolute atomic E-state index is 0.0841. The third-order valence-electron chi connectivity index (χ3n) is 1.99. The maximum atomic E-state index is 11.2. The number of thiazole rings is 1. The highest BCUT2D eigenvalue weighted by Crippen LogP contribution is 2.21. The zero-order valence-corrected chi connectivity index (χ0v) is 10.1. The van der Waals surface area contributed by atoms with Gasteiger partial charge >= 0.3 is 13.5 Å². The minimum atomic E-state index is -0.299. The van der Waals surface area contributed by atoms with Crippen molar-refractivity contribution in [1.82, 2.24) is 4.98 Å². The van der Waals surface area contributed by atoms with E-state index in [0.717, 1.165) is 10.7 Å². The lowest BCUT2D eigenvalue weighted by molar-refractivity contribution is -0.140. The van der Waals surface area contributed by atoms with E-state index in [9.17, 15) is 4.79 Å². The van der Waals surface area contributed by atoms with Crippen LogP contribution in [0.5, 0.6) is 0 Å². The molecule has 0 saturated heterocycles. The van der Waals surface area contributed by atoms with Crippen molar-refractivity contribution in [2.75, 3.05) is 13.8 Å². The van der Waals surface area contributed by atoms with Gasteiger partial charge in [0.05, 0.1) is 24.5 Å². The molecular formula is C9H14BN2O3S. The van der Waals surface area contributed by atoms with Gasteiger partial charge in [-0.2, -0.15) is 0 Å². The van der Waals surface area contributed by atoms with Gasteiger partial charge in [0.2, 0.25) is 0 Å². The monoisotopic (exact) mass is 241 g/mol. The van der Waals surface area contributed by atoms with E-state index in [0.29, 0.717) is 0 Å². The van der Waals surface area contributed by atoms with Gasteiger partial charge in [0, 0.05) is 17.6 Å². The van der Waals surface area contributed by atoms with Crippen LogP contribution in [0.4, 0.5) is 0 Å². The summed E-state index contributed by atoms with van der Waals surface area (Å²) in [6.07, 6.45) is 0.208. The van der Waals surface area contributed by atoms with Crippen LogP contribution in [0, 0.1) is 6.92 Å². The molecule has 0 fully saturated rings. The van der Waals surface area contributed by atoms with Gasteiger partial charge < -0.3 is 15.1 Å². The van der Waals surface area contributed by atoms with Crippen LogP contribution < -0.4 is 5.73 Å². The average molecular weight is 241 g/mol. The number of methoxy groups -OCH3 is 1. The highest BCUT2D eigenvalue weighted by molar-refractivity contribution is 7.09. The third-order valence-corrected chi connectivity index (χ3v) is 2.78. The molecule has 0 aliphatic rings. The Morgan fingerprint density at radius 1 is 1.75 bits per heavy atom. The zero-order chi connectivity index (χ0) is 12.0. The van der Waals surface area contributed by atoms with Crippen LogP contribution in [0.25, 0.3) is 0 Å². The fourth-order valence-corrected chi connectivity index (χ4v) is 1.88. The Morgan fingerprint density at radius 3 is 3.00 bits per heavy atom. The number of carbonyl (C=O) groups excluding carboxylic acids is 1. The summed E-state index contributed by atoms with van der Waals surface area (Å²) in [6, 6.07) is 0. The number of nitrogens with zero attached hydrogens (tertiary/aromatic N) is 1. The second-order valence-corrected chi connectivity index (χ2v) is 4.21. The van der Waals surface area contributed by atoms with Gasteiger partial charge in [0.25, 0.3) is 0 Å². The highest BCUT2D eigenvalue weighted by atomic mass is 32.1. The predicted molar refractivity (Wildman–Crippen MR) is 62.1 cm³/mol. The topological polar surface area (TPSA) is 74.4 Å². The number of nitrogens with two attached hydrogens (primary N) is 1. The summed E-state index contributed by atoms with van der Waals surface area (Å²) in [6.45, 7) is 1.99. The van der Waals surface area contributed by atoms with Crippen molar-refractivity contribution in [3.05, 3.63) is 16.1 Å². The summed E-state index contributed by atoms with van der Waals surface area (Å²) in [5, 5.41) is 2.85. The molecule has 0 aliphatic carbocycles. The molecule has 2 N–H and O–H groups in total. The largest absolute Gasteiger partial charge is 0.469 e. The fourth-order valence-electron chi connectivity index (χ4n) is 1.21. The van der Waals surface area contributed by atoms with Crippen molar-refractivity contribution in [3.8, 4) is 0 Å². The summed E-state index contributed by atoms with van der Waals surface area (Å²) in [5.74, 6) is -0.506. The number of carbonyl (C=O) groups is 1. The molecule has 1 rings (SSSR count). The summed E-state index contributed by atoms with van der Waals surface area (Å²) in [4.78, 5) is 15.5. The van der Waals surface area contributed by atoms with E-state index in [1.54, 1.807) is 0 Å². The first kappa shape index (κ1) is 13.2. The molecule has 87 valence electrons. The molecule has 1 atom stereocenters. The van der Waals surface area contributed by atoms with Gasteiger partial charge in [-0.3, -0.25) is 4.79 Å². The van der Waals surface area contributed by atoms with Crippen LogP contribution in [-0.4, -0.2) is 32.3 Å². The minimum Gasteiger partial charge on any atom is -0.469 e. The number of aromatic nitrogens is 1. The van der Waals surface area contributed by atoms with Gasteiger partial charge in [-0.25, -0.2) is 4.98 Å². The Labute approximate surface area is 99.2 Å². The van der Waals surface area contributed by atoms with E-state index in [1.807, 2.05) is 12.3 Å². The molecule has 1 aromatic rings. The number of esters is 1. The number of hydrogen-bond donors (Lipinski definition) is 1. The lowest BCUT2D eigenvalue weighted by Gasteiger charge is -2.11. The Hall–Kier alpha value is -0.915. The average Bonchev–Trinajstić information content (AvgIpc) is 2.70. The van der Waals surface area contributed by atoms with Crippen molar-refractivity contribution >= 4 is 24.8 Å². The summed E-state index contributed by atoms with van der Waals surface area (Å²) < 4.78 is 9.63. The van der Waals surface area contributed by atoms with Crippen molar-refractivity contribution in [1.29, 1.82) is 0 Å². The van der Waals surface area contributed by atoms with Crippen LogP contribution in [0.15, 0.2) is 5.38 Å². The molecule has 16 heavy (non-hydrogen) atoms. The first-order chi connectivity index (χ1) is 7.67. The molecule has 0 saturated carbocycles. The Balaban J connectivity index is 2.66. The van der Waals surface area contributed by atoms with Crippen LogP contribution in [0.2, 0.25) is 0 Å². The van der Waals surface area contributed by atoms with E-state index in [1.165, 1.54) is 25.9 Å². The van der Waals surface area contributed by atoms with E-state index in [2.05, 4.69) is 9.72 Å². The zero-order valence-electron chi connectivity index (χ0n) is 9.30. The van der Waals surface area contributed by atoms with Crippen LogP contribution >= 0.6 is 11.3 Å². The summed E-state index contributed by atoms with van der Waals surface area (Å²) >= 11 is 1.53. The second kappa shape index (κ2) is 6.62. The predicted octanol–water partition coefficient (Wildman–Crippen LogP) is 0.608. The van der Waals surface area contributed by atoms with Gasteiger partial charge in [0.1, 0.15) is 0 Å². The number of aryl methyl sites for hydroxylation is 1. The van der Waals surface area contributed by atoms with Gasteiger partial charge in [-0.15, -0.1) is 11.3 Å². The van der Waals surface area contributed by atoms with E-state index < -0.39 is 0 Å². The van der Waals surface area contributed by atoms with E-state index in [-0.39, 0.29) is 24.9 Å². The normalized spacial score (nSPS) is 12.2. The molecule has 0 aromatic carbocycles. The van der Waals surface area contributed by atoms with Crippen LogP contribution in [-0.2, 0) is 14.2 Å². The number of hydrogen-bond acceptors (Lipinski definition) is 6. The number of rotatable bonds is 6. The molecule has 0 bridgehead atoms. The van der Waals surface area contributed by atoms with Crippen LogP contribution in [0.1, 0.15) is 22.9 Å². The van der Waals surface area contributed by atoms with Crippen molar-refractivity contribution in [2.45, 2.75) is 19.2 Å². The second-order valence-electron chi connectivity index (χ2n) is 3.15. The van der Waals surface area contributed by atoms with E-state index in [4.69, 9.17) is 10.4 Å². The molecule has 0 aliphatic heterocycles. The van der Waals surface area contributed by atoms with Gasteiger partial charge in [-0.1, -0.05) is 0 Å². The summed E-state index contributed by atoms with van der Waals surface area (Å²) in [5.41, 5.74) is 6.04. The fraction of sp³-hybridized carbons (Fsp3) is 0.556. The van der Waals surface area contributed by atoms with Crippen molar-refractivity contribution < 1.29 is 14.2 Å². The Kier molecular flexibility index (Phi) is 5.44. The lowest BCUT2D eigenvalue weighted by atomic mass is 9.75. The quantitative estimate of drug-likeness (QED) is 0.448. The molecule has 0 spiro atoms. The standard InChI is InChI=1S/C9H14BN2O3S/c1-6-12-8(4-16-6)7(10-15-5-11)3-9(13)14-2/h4,7H,3,5,11H2,1-2H3/t7-/m0/s1. The molecule has 1 heterocycles. The molecular weight excluding hydrogens is 227 g/mol. The van der Waals surface area contributed by atoms with Crippen molar-refractivity contribution in [2.24, 2.45) is 5.73 Å². The first-order valence-corrected chi connectivity index (χ1v) is 5.69. The molecule has 5 nitrogen and oxygen atoms in total. The molecule has 7 heteroatoms. The van der Waals surface area contributed by atoms with Crippen molar-refractivity contribution in [3.63, 3.8) is 0 Å². The summed E-state index contributed by atoms with van der Waals surface area (Å²) in [7, 11) is 2.89. The lowest BCUT2D eigenvalue weighted by Crippen LogP contribution is -2.20. The molecule has 0 unspecified atom stereocenters. The Morgan fingerprint density at radius 2 is 2.50 bits per heavy atom. The number of ether oxygens (including phenoxy) is 1. The maximum Gasteiger partial charge on any atom is 0.305 e. The third kappa shape index (κ3) is 3.92. The van der Waals surface area contributed by atoms with Gasteiger partial charge in [0.15, 0.2) is 0 Å². The SMILES string of the molecule is COC(=O)C[C@H]([B]OCN)c1csc(C)n1. The van der Waals surface area contributed by atoms with Gasteiger partial charge in [-0.05, 0) is 6.92 Å². The molecule has 1 aromatic heterocycles. The Bertz CT molecular complexity index is 345. The molecule has 1 radical (unpaired) electrons. The maximum absolute atomic E-state index is 11.2. The first-order valence-electron chi connectivity index (χ1n) is 4.81. The van der Waals surface area contributed by atoms with E-state index >= 15 is 0 Å².